The van der Waals surface area contributed by atoms with Crippen molar-refractivity contribution in [2.45, 2.75) is 6.54 Å². The highest BCUT2D eigenvalue weighted by Gasteiger charge is 2.23. The Kier molecular flexibility index (Phi) is 6.80. The highest BCUT2D eigenvalue weighted by Crippen LogP contribution is 2.08. The van der Waals surface area contributed by atoms with Crippen molar-refractivity contribution >= 4 is 23.2 Å². The molecule has 1 N–H and O–H groups in total. The van der Waals surface area contributed by atoms with Gasteiger partial charge >= 0.3 is 0 Å². The Morgan fingerprint density at radius 3 is 2.36 bits per heavy atom. The molecule has 138 valence electrons. The van der Waals surface area contributed by atoms with Crippen molar-refractivity contribution in [1.82, 2.24) is 20.0 Å². The second-order valence-corrected chi connectivity index (χ2v) is 7.43. The van der Waals surface area contributed by atoms with E-state index < -0.39 is 0 Å². The molecule has 0 aliphatic carbocycles. The van der Waals surface area contributed by atoms with Crippen LogP contribution in [0.3, 0.4) is 0 Å². The van der Waals surface area contributed by atoms with Crippen molar-refractivity contribution in [3.63, 3.8) is 0 Å². The quantitative estimate of drug-likeness (QED) is 0.758. The molecule has 2 amide bonds. The molecule has 7 nitrogen and oxygen atoms in total. The molecule has 0 aromatic carbocycles. The summed E-state index contributed by atoms with van der Waals surface area (Å²) in [5.41, 5.74) is 0. The van der Waals surface area contributed by atoms with E-state index in [0.29, 0.717) is 45.9 Å². The molecule has 8 heteroatoms. The third kappa shape index (κ3) is 5.78. The Bertz CT molecular complexity index is 552. The number of amides is 2. The van der Waals surface area contributed by atoms with E-state index in [-0.39, 0.29) is 11.8 Å². The lowest BCUT2D eigenvalue weighted by Crippen LogP contribution is -2.52. The largest absolute Gasteiger partial charge is 0.378 e. The fourth-order valence-corrected chi connectivity index (χ4v) is 3.71. The minimum absolute atomic E-state index is 0.0613. The average molecular weight is 366 g/mol. The molecular weight excluding hydrogens is 340 g/mol. The number of carbonyl (C=O) groups is 2. The first-order valence-corrected chi connectivity index (χ1v) is 9.68. The normalized spacial score (nSPS) is 19.8. The molecule has 0 spiro atoms. The van der Waals surface area contributed by atoms with Gasteiger partial charge in [-0.25, -0.2) is 0 Å². The van der Waals surface area contributed by atoms with Crippen LogP contribution in [0.1, 0.15) is 4.88 Å². The van der Waals surface area contributed by atoms with Crippen molar-refractivity contribution in [1.29, 1.82) is 0 Å². The SMILES string of the molecule is O=C(CN1CCN(CC(=O)N2CCOCC2)CC1)NCc1cccs1. The molecule has 3 rings (SSSR count). The topological polar surface area (TPSA) is 65.1 Å². The molecule has 0 atom stereocenters. The molecule has 2 fully saturated rings. The van der Waals surface area contributed by atoms with E-state index in [9.17, 15) is 9.59 Å². The van der Waals surface area contributed by atoms with Crippen LogP contribution in [0.5, 0.6) is 0 Å². The van der Waals surface area contributed by atoms with Crippen molar-refractivity contribution in [2.24, 2.45) is 0 Å². The number of ether oxygens (including phenoxy) is 1. The summed E-state index contributed by atoms with van der Waals surface area (Å²) in [5, 5.41) is 4.98. The van der Waals surface area contributed by atoms with Crippen LogP contribution in [-0.2, 0) is 20.9 Å². The number of piperazine rings is 1. The molecule has 0 bridgehead atoms. The van der Waals surface area contributed by atoms with Crippen molar-refractivity contribution in [3.05, 3.63) is 22.4 Å². The van der Waals surface area contributed by atoms with Gasteiger partial charge < -0.3 is 15.0 Å². The van der Waals surface area contributed by atoms with Gasteiger partial charge in [-0.15, -0.1) is 11.3 Å². The van der Waals surface area contributed by atoms with Gasteiger partial charge in [-0.3, -0.25) is 19.4 Å². The van der Waals surface area contributed by atoms with E-state index >= 15 is 0 Å². The highest BCUT2D eigenvalue weighted by molar-refractivity contribution is 7.09. The van der Waals surface area contributed by atoms with Gasteiger partial charge in [0.2, 0.25) is 11.8 Å². The molecule has 0 saturated carbocycles. The van der Waals surface area contributed by atoms with Gasteiger partial charge in [0, 0.05) is 44.1 Å². The molecule has 2 aliphatic heterocycles. The van der Waals surface area contributed by atoms with Crippen LogP contribution in [0, 0.1) is 0 Å². The first kappa shape index (κ1) is 18.3. The summed E-state index contributed by atoms with van der Waals surface area (Å²) < 4.78 is 5.28. The summed E-state index contributed by atoms with van der Waals surface area (Å²) in [4.78, 5) is 31.7. The smallest absolute Gasteiger partial charge is 0.236 e. The van der Waals surface area contributed by atoms with Gasteiger partial charge in [0.25, 0.3) is 0 Å². The molecule has 1 aromatic heterocycles. The fraction of sp³-hybridized carbons (Fsp3) is 0.647. The predicted octanol–water partition coefficient (Wildman–Crippen LogP) is -0.159. The second-order valence-electron chi connectivity index (χ2n) is 6.40. The zero-order chi connectivity index (χ0) is 17.5. The molecule has 25 heavy (non-hydrogen) atoms. The predicted molar refractivity (Wildman–Crippen MR) is 96.4 cm³/mol. The Labute approximate surface area is 152 Å². The van der Waals surface area contributed by atoms with Gasteiger partial charge in [0.15, 0.2) is 0 Å². The highest BCUT2D eigenvalue weighted by atomic mass is 32.1. The molecule has 2 saturated heterocycles. The number of nitrogens with one attached hydrogen (secondary N) is 1. The van der Waals surface area contributed by atoms with Gasteiger partial charge in [-0.05, 0) is 11.4 Å². The zero-order valence-electron chi connectivity index (χ0n) is 14.5. The van der Waals surface area contributed by atoms with E-state index in [1.54, 1.807) is 11.3 Å². The van der Waals surface area contributed by atoms with Crippen LogP contribution in [0.15, 0.2) is 17.5 Å². The number of thiophene rings is 1. The first-order valence-electron chi connectivity index (χ1n) is 8.80. The monoisotopic (exact) mass is 366 g/mol. The number of carbonyl (C=O) groups excluding carboxylic acids is 2. The number of rotatable bonds is 6. The van der Waals surface area contributed by atoms with Gasteiger partial charge in [-0.1, -0.05) is 6.07 Å². The minimum atomic E-state index is 0.0613. The van der Waals surface area contributed by atoms with Gasteiger partial charge in [0.05, 0.1) is 32.8 Å². The van der Waals surface area contributed by atoms with Crippen LogP contribution < -0.4 is 5.32 Å². The standard InChI is InChI=1S/C17H26N4O3S/c22-16(18-12-15-2-1-11-25-15)13-19-3-5-20(6-4-19)14-17(23)21-7-9-24-10-8-21/h1-2,11H,3-10,12-14H2,(H,18,22). The maximum Gasteiger partial charge on any atom is 0.236 e. The number of hydrogen-bond acceptors (Lipinski definition) is 6. The Hall–Kier alpha value is -1.48. The van der Waals surface area contributed by atoms with E-state index in [2.05, 4.69) is 15.1 Å². The van der Waals surface area contributed by atoms with Crippen molar-refractivity contribution in [3.8, 4) is 0 Å². The summed E-state index contributed by atoms with van der Waals surface area (Å²) in [6.07, 6.45) is 0. The summed E-state index contributed by atoms with van der Waals surface area (Å²) in [6, 6.07) is 4.01. The lowest BCUT2D eigenvalue weighted by molar-refractivity contribution is -0.137. The molecule has 1 aromatic rings. The molecule has 3 heterocycles. The zero-order valence-corrected chi connectivity index (χ0v) is 15.3. The van der Waals surface area contributed by atoms with Crippen molar-refractivity contribution in [2.75, 3.05) is 65.6 Å². The lowest BCUT2D eigenvalue weighted by Gasteiger charge is -2.35. The second kappa shape index (κ2) is 9.28. The number of morpholine rings is 1. The molecule has 0 unspecified atom stereocenters. The Morgan fingerprint density at radius 2 is 1.72 bits per heavy atom. The van der Waals surface area contributed by atoms with Crippen molar-refractivity contribution < 1.29 is 14.3 Å². The maximum atomic E-state index is 12.3. The summed E-state index contributed by atoms with van der Waals surface area (Å²) in [7, 11) is 0. The van der Waals surface area contributed by atoms with E-state index in [1.807, 2.05) is 22.4 Å². The summed E-state index contributed by atoms with van der Waals surface area (Å²) in [6.45, 7) is 7.47. The van der Waals surface area contributed by atoms with E-state index in [4.69, 9.17) is 4.74 Å². The molecular formula is C17H26N4O3S. The van der Waals surface area contributed by atoms with Crippen LogP contribution in [0.4, 0.5) is 0 Å². The molecule has 2 aliphatic rings. The van der Waals surface area contributed by atoms with E-state index in [0.717, 1.165) is 26.2 Å². The lowest BCUT2D eigenvalue weighted by atomic mass is 10.3. The van der Waals surface area contributed by atoms with E-state index in [1.165, 1.54) is 4.88 Å². The summed E-state index contributed by atoms with van der Waals surface area (Å²) >= 11 is 1.65. The number of hydrogen-bond donors (Lipinski definition) is 1. The third-order valence-electron chi connectivity index (χ3n) is 4.59. The average Bonchev–Trinajstić information content (AvgIpc) is 3.16. The first-order chi connectivity index (χ1) is 12.2. The van der Waals surface area contributed by atoms with Crippen LogP contribution in [0.25, 0.3) is 0 Å². The van der Waals surface area contributed by atoms with Crippen LogP contribution in [-0.4, -0.2) is 92.1 Å². The Balaban J connectivity index is 1.32. The third-order valence-corrected chi connectivity index (χ3v) is 5.47. The maximum absolute atomic E-state index is 12.3. The summed E-state index contributed by atoms with van der Waals surface area (Å²) in [5.74, 6) is 0.247. The van der Waals surface area contributed by atoms with Crippen LogP contribution >= 0.6 is 11.3 Å². The fourth-order valence-electron chi connectivity index (χ4n) is 3.07. The van der Waals surface area contributed by atoms with Crippen LogP contribution in [0.2, 0.25) is 0 Å². The Morgan fingerprint density at radius 1 is 1.04 bits per heavy atom. The number of nitrogens with zero attached hydrogens (tertiary/aromatic N) is 3. The van der Waals surface area contributed by atoms with Gasteiger partial charge in [-0.2, -0.15) is 0 Å². The van der Waals surface area contributed by atoms with Gasteiger partial charge in [0.1, 0.15) is 0 Å². The minimum Gasteiger partial charge on any atom is -0.378 e. The molecule has 0 radical (unpaired) electrons.